The van der Waals surface area contributed by atoms with Gasteiger partial charge in [0.05, 0.1) is 5.56 Å². The molecule has 0 saturated heterocycles. The SMILES string of the molecule is CC1(C)CC1C(=O)Nc1ccc(C(=O)O)cn1. The summed E-state index contributed by atoms with van der Waals surface area (Å²) in [5, 5.41) is 11.4. The van der Waals surface area contributed by atoms with Crippen molar-refractivity contribution < 1.29 is 14.7 Å². The second-order valence-electron chi connectivity index (χ2n) is 4.97. The number of carbonyl (C=O) groups is 2. The van der Waals surface area contributed by atoms with Gasteiger partial charge in [0.15, 0.2) is 0 Å². The van der Waals surface area contributed by atoms with Crippen LogP contribution in [0.3, 0.4) is 0 Å². The van der Waals surface area contributed by atoms with E-state index in [1.807, 2.05) is 13.8 Å². The quantitative estimate of drug-likeness (QED) is 0.835. The third-order valence-electron chi connectivity index (χ3n) is 3.09. The monoisotopic (exact) mass is 234 g/mol. The van der Waals surface area contributed by atoms with Crippen LogP contribution in [-0.2, 0) is 4.79 Å². The molecule has 2 N–H and O–H groups in total. The van der Waals surface area contributed by atoms with Crippen molar-refractivity contribution in [3.63, 3.8) is 0 Å². The first-order chi connectivity index (χ1) is 7.90. The van der Waals surface area contributed by atoms with Gasteiger partial charge in [0.1, 0.15) is 5.82 Å². The number of aromatic nitrogens is 1. The van der Waals surface area contributed by atoms with E-state index in [0.29, 0.717) is 5.82 Å². The molecule has 1 aliphatic rings. The molecule has 5 heteroatoms. The largest absolute Gasteiger partial charge is 0.478 e. The molecule has 1 atom stereocenters. The Morgan fingerprint density at radius 1 is 1.47 bits per heavy atom. The molecule has 1 fully saturated rings. The highest BCUT2D eigenvalue weighted by Gasteiger charge is 2.50. The van der Waals surface area contributed by atoms with Crippen molar-refractivity contribution in [2.24, 2.45) is 11.3 Å². The molecule has 5 nitrogen and oxygen atoms in total. The number of carbonyl (C=O) groups excluding carboxylic acids is 1. The van der Waals surface area contributed by atoms with Crippen LogP contribution in [0.25, 0.3) is 0 Å². The number of pyridine rings is 1. The molecule has 90 valence electrons. The lowest BCUT2D eigenvalue weighted by Gasteiger charge is -2.05. The standard InChI is InChI=1S/C12H14N2O3/c1-12(2)5-8(12)10(15)14-9-4-3-7(6-13-9)11(16)17/h3-4,6,8H,5H2,1-2H3,(H,16,17)(H,13,14,15). The zero-order chi connectivity index (χ0) is 12.6. The predicted octanol–water partition coefficient (Wildman–Crippen LogP) is 1.76. The van der Waals surface area contributed by atoms with Gasteiger partial charge in [0.2, 0.25) is 5.91 Å². The summed E-state index contributed by atoms with van der Waals surface area (Å²) in [4.78, 5) is 26.2. The summed E-state index contributed by atoms with van der Waals surface area (Å²) in [7, 11) is 0. The Morgan fingerprint density at radius 2 is 2.12 bits per heavy atom. The Hall–Kier alpha value is -1.91. The molecule has 0 radical (unpaired) electrons. The lowest BCUT2D eigenvalue weighted by Crippen LogP contribution is -2.17. The van der Waals surface area contributed by atoms with E-state index in [2.05, 4.69) is 10.3 Å². The number of carboxylic acids is 1. The molecule has 1 amide bonds. The lowest BCUT2D eigenvalue weighted by atomic mass is 10.1. The minimum Gasteiger partial charge on any atom is -0.478 e. The molecule has 0 bridgehead atoms. The number of amides is 1. The van der Waals surface area contributed by atoms with E-state index in [0.717, 1.165) is 6.42 Å². The van der Waals surface area contributed by atoms with Gasteiger partial charge in [-0.3, -0.25) is 4.79 Å². The van der Waals surface area contributed by atoms with Crippen LogP contribution in [0.5, 0.6) is 0 Å². The maximum absolute atomic E-state index is 11.7. The minimum absolute atomic E-state index is 0.0310. The van der Waals surface area contributed by atoms with Gasteiger partial charge in [-0.25, -0.2) is 9.78 Å². The molecule has 1 saturated carbocycles. The zero-order valence-electron chi connectivity index (χ0n) is 9.73. The second kappa shape index (κ2) is 3.84. The first-order valence-electron chi connectivity index (χ1n) is 5.40. The van der Waals surface area contributed by atoms with Crippen LogP contribution < -0.4 is 5.32 Å². The van der Waals surface area contributed by atoms with Crippen molar-refractivity contribution in [2.45, 2.75) is 20.3 Å². The van der Waals surface area contributed by atoms with Crippen LogP contribution in [0.2, 0.25) is 0 Å². The number of hydrogen-bond donors (Lipinski definition) is 2. The molecule has 0 spiro atoms. The van der Waals surface area contributed by atoms with Gasteiger partial charge < -0.3 is 10.4 Å². The smallest absolute Gasteiger partial charge is 0.337 e. The highest BCUT2D eigenvalue weighted by atomic mass is 16.4. The Morgan fingerprint density at radius 3 is 2.53 bits per heavy atom. The maximum atomic E-state index is 11.7. The Balaban J connectivity index is 2.00. The summed E-state index contributed by atoms with van der Waals surface area (Å²) < 4.78 is 0. The molecular formula is C12H14N2O3. The first kappa shape index (κ1) is 11.6. The molecular weight excluding hydrogens is 220 g/mol. The summed E-state index contributed by atoms with van der Waals surface area (Å²) >= 11 is 0. The number of rotatable bonds is 3. The van der Waals surface area contributed by atoms with Gasteiger partial charge in [-0.05, 0) is 24.0 Å². The summed E-state index contributed by atoms with van der Waals surface area (Å²) in [6.07, 6.45) is 2.11. The highest BCUT2D eigenvalue weighted by Crippen LogP contribution is 2.51. The molecule has 2 rings (SSSR count). The summed E-state index contributed by atoms with van der Waals surface area (Å²) in [5.41, 5.74) is 0.181. The summed E-state index contributed by atoms with van der Waals surface area (Å²) in [6, 6.07) is 2.92. The molecule has 1 heterocycles. The van der Waals surface area contributed by atoms with Gasteiger partial charge >= 0.3 is 5.97 Å². The van der Waals surface area contributed by atoms with E-state index in [1.54, 1.807) is 0 Å². The summed E-state index contributed by atoms with van der Waals surface area (Å²) in [5.74, 6) is -0.657. The lowest BCUT2D eigenvalue weighted by molar-refractivity contribution is -0.118. The fourth-order valence-electron chi connectivity index (χ4n) is 1.72. The number of carboxylic acid groups (broad SMARTS) is 1. The zero-order valence-corrected chi connectivity index (χ0v) is 9.73. The number of hydrogen-bond acceptors (Lipinski definition) is 3. The summed E-state index contributed by atoms with van der Waals surface area (Å²) in [6.45, 7) is 4.08. The van der Waals surface area contributed by atoms with Crippen LogP contribution in [0, 0.1) is 11.3 Å². The van der Waals surface area contributed by atoms with Crippen LogP contribution in [0.4, 0.5) is 5.82 Å². The van der Waals surface area contributed by atoms with E-state index < -0.39 is 5.97 Å². The molecule has 1 aromatic rings. The van der Waals surface area contributed by atoms with Gasteiger partial charge in [-0.1, -0.05) is 13.8 Å². The third-order valence-corrected chi connectivity index (χ3v) is 3.09. The van der Waals surface area contributed by atoms with Gasteiger partial charge in [-0.2, -0.15) is 0 Å². The van der Waals surface area contributed by atoms with Crippen LogP contribution in [-0.4, -0.2) is 22.0 Å². The molecule has 1 aromatic heterocycles. The van der Waals surface area contributed by atoms with Crippen molar-refractivity contribution in [3.05, 3.63) is 23.9 Å². The first-order valence-corrected chi connectivity index (χ1v) is 5.40. The maximum Gasteiger partial charge on any atom is 0.337 e. The van der Waals surface area contributed by atoms with Crippen LogP contribution >= 0.6 is 0 Å². The van der Waals surface area contributed by atoms with E-state index >= 15 is 0 Å². The van der Waals surface area contributed by atoms with Gasteiger partial charge in [-0.15, -0.1) is 0 Å². The van der Waals surface area contributed by atoms with Gasteiger partial charge in [0.25, 0.3) is 0 Å². The van der Waals surface area contributed by atoms with E-state index in [9.17, 15) is 9.59 Å². The van der Waals surface area contributed by atoms with Gasteiger partial charge in [0, 0.05) is 12.1 Å². The Labute approximate surface area is 98.9 Å². The third kappa shape index (κ3) is 2.43. The van der Waals surface area contributed by atoms with Crippen LogP contribution in [0.15, 0.2) is 18.3 Å². The predicted molar refractivity (Wildman–Crippen MR) is 61.7 cm³/mol. The van der Waals surface area contributed by atoms with E-state index in [4.69, 9.17) is 5.11 Å². The molecule has 0 aliphatic heterocycles. The average Bonchev–Trinajstić information content (AvgIpc) is 2.89. The van der Waals surface area contributed by atoms with E-state index in [1.165, 1.54) is 18.3 Å². The van der Waals surface area contributed by atoms with Crippen LogP contribution in [0.1, 0.15) is 30.6 Å². The molecule has 1 aliphatic carbocycles. The average molecular weight is 234 g/mol. The Bertz CT molecular complexity index is 465. The van der Waals surface area contributed by atoms with Crippen molar-refractivity contribution in [2.75, 3.05) is 5.32 Å². The second-order valence-corrected chi connectivity index (χ2v) is 4.97. The van der Waals surface area contributed by atoms with Crippen molar-refractivity contribution >= 4 is 17.7 Å². The topological polar surface area (TPSA) is 79.3 Å². The fourth-order valence-corrected chi connectivity index (χ4v) is 1.72. The fraction of sp³-hybridized carbons (Fsp3) is 0.417. The normalized spacial score (nSPS) is 20.7. The van der Waals surface area contributed by atoms with Crippen molar-refractivity contribution in [1.82, 2.24) is 4.98 Å². The van der Waals surface area contributed by atoms with E-state index in [-0.39, 0.29) is 22.8 Å². The Kier molecular flexibility index (Phi) is 2.61. The number of nitrogens with zero attached hydrogens (tertiary/aromatic N) is 1. The highest BCUT2D eigenvalue weighted by molar-refractivity contribution is 5.94. The van der Waals surface area contributed by atoms with Crippen molar-refractivity contribution in [1.29, 1.82) is 0 Å². The minimum atomic E-state index is -1.03. The number of anilines is 1. The van der Waals surface area contributed by atoms with Crippen molar-refractivity contribution in [3.8, 4) is 0 Å². The molecule has 1 unspecified atom stereocenters. The molecule has 17 heavy (non-hydrogen) atoms. The number of nitrogens with one attached hydrogen (secondary N) is 1. The molecule has 0 aromatic carbocycles. The number of aromatic carboxylic acids is 1.